The van der Waals surface area contributed by atoms with Crippen LogP contribution in [-0.4, -0.2) is 61.0 Å². The summed E-state index contributed by atoms with van der Waals surface area (Å²) >= 11 is 0. The van der Waals surface area contributed by atoms with Crippen molar-refractivity contribution in [1.82, 2.24) is 15.2 Å². The number of likely N-dealkylation sites (tertiary alicyclic amines) is 1. The summed E-state index contributed by atoms with van der Waals surface area (Å²) in [4.78, 5) is 33.7. The second-order valence-electron chi connectivity index (χ2n) is 7.33. The molecule has 2 aliphatic rings. The second-order valence-corrected chi connectivity index (χ2v) is 7.33. The topological polar surface area (TPSA) is 77.6 Å². The molecule has 1 aromatic heterocycles. The number of amides is 2. The molecule has 1 aromatic rings. The molecular weight excluding hydrogens is 330 g/mol. The number of hydrogen-bond acceptors (Lipinski definition) is 5. The number of nitrogens with one attached hydrogen (secondary N) is 2. The van der Waals surface area contributed by atoms with E-state index in [9.17, 15) is 9.59 Å². The molecule has 0 saturated carbocycles. The molecule has 2 fully saturated rings. The average Bonchev–Trinajstić information content (AvgIpc) is 2.68. The molecule has 3 rings (SSSR count). The molecule has 0 atom stereocenters. The Labute approximate surface area is 155 Å². The van der Waals surface area contributed by atoms with Gasteiger partial charge in [0.05, 0.1) is 11.3 Å². The van der Waals surface area contributed by atoms with E-state index in [4.69, 9.17) is 0 Å². The summed E-state index contributed by atoms with van der Waals surface area (Å²) in [5, 5.41) is 6.29. The number of nitrogens with zero attached hydrogens (tertiary/aromatic N) is 3. The zero-order chi connectivity index (χ0) is 18.5. The first-order valence-electron chi connectivity index (χ1n) is 9.62. The number of hydrogen-bond donors (Lipinski definition) is 2. The fourth-order valence-corrected chi connectivity index (χ4v) is 3.35. The normalized spacial score (nSPS) is 18.1. The molecule has 2 aliphatic heterocycles. The fraction of sp³-hybridized carbons (Fsp3) is 0.632. The molecule has 7 heteroatoms. The highest BCUT2D eigenvalue weighted by Gasteiger charge is 2.23. The van der Waals surface area contributed by atoms with Crippen molar-refractivity contribution in [1.29, 1.82) is 0 Å². The van der Waals surface area contributed by atoms with Crippen molar-refractivity contribution in [3.8, 4) is 0 Å². The predicted molar refractivity (Wildman–Crippen MR) is 103 cm³/mol. The SMILES string of the molecule is CC(C)C(=O)Nc1cc(C(=O)N2CCCCC2)cnc1N1CCNCC1. The van der Waals surface area contributed by atoms with Gasteiger partial charge in [0.25, 0.3) is 5.91 Å². The number of piperazine rings is 1. The van der Waals surface area contributed by atoms with E-state index in [-0.39, 0.29) is 17.7 Å². The number of piperidine rings is 1. The van der Waals surface area contributed by atoms with E-state index < -0.39 is 0 Å². The number of rotatable bonds is 4. The summed E-state index contributed by atoms with van der Waals surface area (Å²) in [7, 11) is 0. The van der Waals surface area contributed by atoms with Gasteiger partial charge in [-0.2, -0.15) is 0 Å². The summed E-state index contributed by atoms with van der Waals surface area (Å²) in [6.07, 6.45) is 4.93. The molecule has 0 radical (unpaired) electrons. The summed E-state index contributed by atoms with van der Waals surface area (Å²) in [6.45, 7) is 8.74. The quantitative estimate of drug-likeness (QED) is 0.856. The van der Waals surface area contributed by atoms with Gasteiger partial charge >= 0.3 is 0 Å². The number of aromatic nitrogens is 1. The molecule has 7 nitrogen and oxygen atoms in total. The highest BCUT2D eigenvalue weighted by molar-refractivity contribution is 5.99. The fourth-order valence-electron chi connectivity index (χ4n) is 3.35. The molecule has 0 aromatic carbocycles. The number of pyridine rings is 1. The van der Waals surface area contributed by atoms with Crippen LogP contribution in [0.1, 0.15) is 43.5 Å². The van der Waals surface area contributed by atoms with Crippen molar-refractivity contribution in [3.05, 3.63) is 17.8 Å². The van der Waals surface area contributed by atoms with Crippen LogP contribution in [0.5, 0.6) is 0 Å². The van der Waals surface area contributed by atoms with E-state index >= 15 is 0 Å². The molecule has 0 bridgehead atoms. The van der Waals surface area contributed by atoms with Crippen LogP contribution < -0.4 is 15.5 Å². The lowest BCUT2D eigenvalue weighted by atomic mass is 10.1. The number of carbonyl (C=O) groups is 2. The largest absolute Gasteiger partial charge is 0.352 e. The van der Waals surface area contributed by atoms with Gasteiger partial charge in [0.2, 0.25) is 5.91 Å². The second kappa shape index (κ2) is 8.49. The van der Waals surface area contributed by atoms with Crippen LogP contribution in [0.15, 0.2) is 12.3 Å². The average molecular weight is 359 g/mol. The predicted octanol–water partition coefficient (Wildman–Crippen LogP) is 1.71. The van der Waals surface area contributed by atoms with Gasteiger partial charge in [-0.25, -0.2) is 4.98 Å². The van der Waals surface area contributed by atoms with Crippen molar-refractivity contribution in [2.45, 2.75) is 33.1 Å². The van der Waals surface area contributed by atoms with Gasteiger partial charge in [-0.15, -0.1) is 0 Å². The maximum Gasteiger partial charge on any atom is 0.255 e. The number of carbonyl (C=O) groups excluding carboxylic acids is 2. The summed E-state index contributed by atoms with van der Waals surface area (Å²) in [5.41, 5.74) is 1.18. The third kappa shape index (κ3) is 4.33. The van der Waals surface area contributed by atoms with Crippen molar-refractivity contribution in [2.24, 2.45) is 5.92 Å². The summed E-state index contributed by atoms with van der Waals surface area (Å²) in [5.74, 6) is 0.554. The Bertz CT molecular complexity index is 649. The molecule has 2 saturated heterocycles. The highest BCUT2D eigenvalue weighted by Crippen LogP contribution is 2.26. The van der Waals surface area contributed by atoms with Crippen molar-refractivity contribution >= 4 is 23.3 Å². The zero-order valence-electron chi connectivity index (χ0n) is 15.8. The summed E-state index contributed by atoms with van der Waals surface area (Å²) in [6, 6.07) is 1.79. The van der Waals surface area contributed by atoms with E-state index in [0.717, 1.165) is 57.9 Å². The van der Waals surface area contributed by atoms with Gasteiger partial charge < -0.3 is 20.4 Å². The lowest BCUT2D eigenvalue weighted by Crippen LogP contribution is -2.44. The molecule has 142 valence electrons. The summed E-state index contributed by atoms with van der Waals surface area (Å²) < 4.78 is 0. The van der Waals surface area contributed by atoms with E-state index in [2.05, 4.69) is 20.5 Å². The molecule has 26 heavy (non-hydrogen) atoms. The van der Waals surface area contributed by atoms with Crippen LogP contribution in [0, 0.1) is 5.92 Å². The van der Waals surface area contributed by atoms with Gasteiger partial charge in [0, 0.05) is 51.4 Å². The Morgan fingerprint density at radius 2 is 1.81 bits per heavy atom. The van der Waals surface area contributed by atoms with Crippen LogP contribution >= 0.6 is 0 Å². The van der Waals surface area contributed by atoms with Crippen LogP contribution in [-0.2, 0) is 4.79 Å². The first-order chi connectivity index (χ1) is 12.6. The van der Waals surface area contributed by atoms with Crippen molar-refractivity contribution in [3.63, 3.8) is 0 Å². The standard InChI is InChI=1S/C19H29N5O2/c1-14(2)18(25)22-16-12-15(19(26)24-8-4-3-5-9-24)13-21-17(16)23-10-6-20-7-11-23/h12-14,20H,3-11H2,1-2H3,(H,22,25). The zero-order valence-corrected chi connectivity index (χ0v) is 15.8. The smallest absolute Gasteiger partial charge is 0.255 e. The lowest BCUT2D eigenvalue weighted by molar-refractivity contribution is -0.118. The third-order valence-electron chi connectivity index (χ3n) is 4.96. The Morgan fingerprint density at radius 1 is 1.12 bits per heavy atom. The van der Waals surface area contributed by atoms with Gasteiger partial charge in [-0.05, 0) is 25.3 Å². The van der Waals surface area contributed by atoms with Crippen LogP contribution in [0.25, 0.3) is 0 Å². The molecule has 2 amide bonds. The number of anilines is 2. The van der Waals surface area contributed by atoms with E-state index in [1.807, 2.05) is 18.7 Å². The molecule has 0 aliphatic carbocycles. The molecular formula is C19H29N5O2. The van der Waals surface area contributed by atoms with Crippen molar-refractivity contribution < 1.29 is 9.59 Å². The van der Waals surface area contributed by atoms with Gasteiger partial charge in [-0.1, -0.05) is 13.8 Å². The van der Waals surface area contributed by atoms with E-state index in [1.165, 1.54) is 6.42 Å². The van der Waals surface area contributed by atoms with Crippen LogP contribution in [0.3, 0.4) is 0 Å². The Kier molecular flexibility index (Phi) is 6.08. The Balaban J connectivity index is 1.87. The minimum Gasteiger partial charge on any atom is -0.352 e. The van der Waals surface area contributed by atoms with Gasteiger partial charge in [-0.3, -0.25) is 9.59 Å². The monoisotopic (exact) mass is 359 g/mol. The minimum atomic E-state index is -0.132. The Morgan fingerprint density at radius 3 is 2.46 bits per heavy atom. The van der Waals surface area contributed by atoms with E-state index in [1.54, 1.807) is 12.3 Å². The highest BCUT2D eigenvalue weighted by atomic mass is 16.2. The van der Waals surface area contributed by atoms with Gasteiger partial charge in [0.1, 0.15) is 0 Å². The lowest BCUT2D eigenvalue weighted by Gasteiger charge is -2.31. The Hall–Kier alpha value is -2.15. The molecule has 0 spiro atoms. The maximum absolute atomic E-state index is 12.8. The van der Waals surface area contributed by atoms with Gasteiger partial charge in [0.15, 0.2) is 5.82 Å². The van der Waals surface area contributed by atoms with Crippen molar-refractivity contribution in [2.75, 3.05) is 49.5 Å². The van der Waals surface area contributed by atoms with E-state index in [0.29, 0.717) is 11.3 Å². The first kappa shape index (κ1) is 18.6. The maximum atomic E-state index is 12.8. The van der Waals surface area contributed by atoms with Crippen LogP contribution in [0.4, 0.5) is 11.5 Å². The molecule has 2 N–H and O–H groups in total. The third-order valence-corrected chi connectivity index (χ3v) is 4.96. The molecule has 3 heterocycles. The first-order valence-corrected chi connectivity index (χ1v) is 9.62. The molecule has 0 unspecified atom stereocenters. The van der Waals surface area contributed by atoms with Crippen LogP contribution in [0.2, 0.25) is 0 Å². The minimum absolute atomic E-state index is 0.00380.